The topological polar surface area (TPSA) is 82.8 Å². The Morgan fingerprint density at radius 3 is 2.45 bits per heavy atom. The van der Waals surface area contributed by atoms with Gasteiger partial charge in [0.05, 0.1) is 37.8 Å². The number of para-hydroxylation sites is 1. The summed E-state index contributed by atoms with van der Waals surface area (Å²) >= 11 is 0. The van der Waals surface area contributed by atoms with E-state index in [1.807, 2.05) is 35.9 Å². The summed E-state index contributed by atoms with van der Waals surface area (Å²) in [6, 6.07) is 12.4. The number of carbonyl (C=O) groups is 1. The van der Waals surface area contributed by atoms with Crippen molar-refractivity contribution in [3.8, 4) is 39.8 Å². The van der Waals surface area contributed by atoms with E-state index in [1.165, 1.54) is 6.07 Å². The number of ether oxygens (including phenoxy) is 3. The molecule has 0 radical (unpaired) electrons. The molecule has 7 nitrogen and oxygen atoms in total. The molecule has 1 N–H and O–H groups in total. The number of carboxylic acid groups (broad SMARTS) is 1. The van der Waals surface area contributed by atoms with E-state index in [9.17, 15) is 9.90 Å². The molecule has 0 unspecified atom stereocenters. The van der Waals surface area contributed by atoms with Crippen molar-refractivity contribution in [1.29, 1.82) is 0 Å². The zero-order chi connectivity index (χ0) is 22.5. The Kier molecular flexibility index (Phi) is 6.84. The van der Waals surface area contributed by atoms with Gasteiger partial charge in [0.1, 0.15) is 5.75 Å². The minimum atomic E-state index is -0.999. The molecule has 0 amide bonds. The van der Waals surface area contributed by atoms with Crippen LogP contribution < -0.4 is 14.2 Å². The van der Waals surface area contributed by atoms with E-state index in [4.69, 9.17) is 19.3 Å². The number of methoxy groups -OCH3 is 2. The van der Waals surface area contributed by atoms with Crippen molar-refractivity contribution in [2.24, 2.45) is 5.92 Å². The zero-order valence-corrected chi connectivity index (χ0v) is 18.5. The van der Waals surface area contributed by atoms with Gasteiger partial charge in [-0.2, -0.15) is 5.10 Å². The SMILES string of the molecule is CCOc1ccc(C(=O)O)cc1-c1cc(-c2cccc(OC)c2OC)n(CC(C)C)n1. The highest BCUT2D eigenvalue weighted by Crippen LogP contribution is 2.40. The van der Waals surface area contributed by atoms with Crippen LogP contribution in [0.4, 0.5) is 0 Å². The molecule has 0 saturated heterocycles. The van der Waals surface area contributed by atoms with E-state index in [-0.39, 0.29) is 5.56 Å². The minimum Gasteiger partial charge on any atom is -0.493 e. The van der Waals surface area contributed by atoms with Gasteiger partial charge >= 0.3 is 5.97 Å². The number of aromatic nitrogens is 2. The van der Waals surface area contributed by atoms with Crippen LogP contribution in [0.5, 0.6) is 17.2 Å². The van der Waals surface area contributed by atoms with Gasteiger partial charge in [-0.05, 0) is 49.2 Å². The summed E-state index contributed by atoms with van der Waals surface area (Å²) in [6.07, 6.45) is 0. The first-order valence-electron chi connectivity index (χ1n) is 10.2. The monoisotopic (exact) mass is 424 g/mol. The van der Waals surface area contributed by atoms with Crippen molar-refractivity contribution < 1.29 is 24.1 Å². The minimum absolute atomic E-state index is 0.178. The van der Waals surface area contributed by atoms with Gasteiger partial charge < -0.3 is 19.3 Å². The fourth-order valence-corrected chi connectivity index (χ4v) is 3.48. The Morgan fingerprint density at radius 2 is 1.84 bits per heavy atom. The highest BCUT2D eigenvalue weighted by molar-refractivity contribution is 5.90. The van der Waals surface area contributed by atoms with Crippen LogP contribution >= 0.6 is 0 Å². The molecule has 2 aromatic carbocycles. The molecule has 0 aliphatic heterocycles. The molecule has 0 saturated carbocycles. The predicted octanol–water partition coefficient (Wildman–Crippen LogP) is 4.99. The molecule has 0 spiro atoms. The normalized spacial score (nSPS) is 10.9. The Balaban J connectivity index is 2.24. The third kappa shape index (κ3) is 4.66. The molecule has 0 fully saturated rings. The molecule has 3 aromatic rings. The van der Waals surface area contributed by atoms with Gasteiger partial charge in [0, 0.05) is 17.7 Å². The number of benzene rings is 2. The van der Waals surface area contributed by atoms with Crippen molar-refractivity contribution in [2.75, 3.05) is 20.8 Å². The number of hydrogen-bond acceptors (Lipinski definition) is 5. The molecular weight excluding hydrogens is 396 g/mol. The fourth-order valence-electron chi connectivity index (χ4n) is 3.48. The average Bonchev–Trinajstić information content (AvgIpc) is 3.15. The van der Waals surface area contributed by atoms with Crippen molar-refractivity contribution in [3.05, 3.63) is 48.0 Å². The second-order valence-electron chi connectivity index (χ2n) is 7.48. The number of nitrogens with zero attached hydrogens (tertiary/aromatic N) is 2. The Hall–Kier alpha value is -3.48. The summed E-state index contributed by atoms with van der Waals surface area (Å²) in [7, 11) is 3.21. The molecule has 1 heterocycles. The summed E-state index contributed by atoms with van der Waals surface area (Å²) in [4.78, 5) is 11.5. The lowest BCUT2D eigenvalue weighted by molar-refractivity contribution is 0.0697. The number of aromatic carboxylic acids is 1. The van der Waals surface area contributed by atoms with Gasteiger partial charge in [0.2, 0.25) is 0 Å². The van der Waals surface area contributed by atoms with Crippen molar-refractivity contribution >= 4 is 5.97 Å². The standard InChI is InChI=1S/C24H28N2O5/c1-6-31-21-11-10-16(24(27)28)12-18(21)19-13-20(26(25-19)14-15(2)3)17-8-7-9-22(29-4)23(17)30-5/h7-13,15H,6,14H2,1-5H3,(H,27,28). The first-order valence-corrected chi connectivity index (χ1v) is 10.2. The van der Waals surface area contributed by atoms with Crippen LogP contribution in [0.1, 0.15) is 31.1 Å². The molecule has 1 aromatic heterocycles. The van der Waals surface area contributed by atoms with Gasteiger partial charge in [-0.15, -0.1) is 0 Å². The van der Waals surface area contributed by atoms with Gasteiger partial charge in [-0.3, -0.25) is 4.68 Å². The van der Waals surface area contributed by atoms with Crippen LogP contribution in [0.15, 0.2) is 42.5 Å². The Morgan fingerprint density at radius 1 is 1.06 bits per heavy atom. The largest absolute Gasteiger partial charge is 0.493 e. The van der Waals surface area contributed by atoms with E-state index in [0.29, 0.717) is 47.6 Å². The number of hydrogen-bond donors (Lipinski definition) is 1. The maximum Gasteiger partial charge on any atom is 0.335 e. The van der Waals surface area contributed by atoms with Crippen LogP contribution in [-0.2, 0) is 6.54 Å². The van der Waals surface area contributed by atoms with Gasteiger partial charge in [0.15, 0.2) is 11.5 Å². The second-order valence-corrected chi connectivity index (χ2v) is 7.48. The van der Waals surface area contributed by atoms with Crippen LogP contribution in [0.2, 0.25) is 0 Å². The first kappa shape index (κ1) is 22.2. The lowest BCUT2D eigenvalue weighted by Crippen LogP contribution is -2.08. The first-order chi connectivity index (χ1) is 14.9. The molecule has 164 valence electrons. The Labute approximate surface area is 182 Å². The molecular formula is C24H28N2O5. The summed E-state index contributed by atoms with van der Waals surface area (Å²) in [5.41, 5.74) is 3.13. The summed E-state index contributed by atoms with van der Waals surface area (Å²) in [6.45, 7) is 7.26. The van der Waals surface area contributed by atoms with Crippen molar-refractivity contribution in [3.63, 3.8) is 0 Å². The molecule has 0 atom stereocenters. The fraction of sp³-hybridized carbons (Fsp3) is 0.333. The summed E-state index contributed by atoms with van der Waals surface area (Å²) in [5.74, 6) is 1.18. The molecule has 0 aliphatic carbocycles. The van der Waals surface area contributed by atoms with E-state index in [2.05, 4.69) is 13.8 Å². The third-order valence-electron chi connectivity index (χ3n) is 4.80. The lowest BCUT2D eigenvalue weighted by atomic mass is 10.0. The lowest BCUT2D eigenvalue weighted by Gasteiger charge is -2.14. The van der Waals surface area contributed by atoms with E-state index < -0.39 is 5.97 Å². The van der Waals surface area contributed by atoms with Crippen LogP contribution in [0.3, 0.4) is 0 Å². The van der Waals surface area contributed by atoms with E-state index >= 15 is 0 Å². The molecule has 0 aliphatic rings. The van der Waals surface area contributed by atoms with Crippen molar-refractivity contribution in [1.82, 2.24) is 9.78 Å². The highest BCUT2D eigenvalue weighted by Gasteiger charge is 2.21. The third-order valence-corrected chi connectivity index (χ3v) is 4.80. The second kappa shape index (κ2) is 9.55. The van der Waals surface area contributed by atoms with Crippen LogP contribution in [0, 0.1) is 5.92 Å². The summed E-state index contributed by atoms with van der Waals surface area (Å²) < 4.78 is 18.8. The molecule has 0 bridgehead atoms. The molecule has 7 heteroatoms. The maximum absolute atomic E-state index is 11.5. The van der Waals surface area contributed by atoms with Crippen LogP contribution in [-0.4, -0.2) is 41.7 Å². The number of rotatable bonds is 9. The number of carboxylic acids is 1. The zero-order valence-electron chi connectivity index (χ0n) is 18.5. The van der Waals surface area contributed by atoms with E-state index in [0.717, 1.165) is 11.3 Å². The van der Waals surface area contributed by atoms with Crippen molar-refractivity contribution in [2.45, 2.75) is 27.3 Å². The predicted molar refractivity (Wildman–Crippen MR) is 119 cm³/mol. The molecule has 3 rings (SSSR count). The highest BCUT2D eigenvalue weighted by atomic mass is 16.5. The maximum atomic E-state index is 11.5. The Bertz CT molecular complexity index is 1070. The summed E-state index contributed by atoms with van der Waals surface area (Å²) in [5, 5.41) is 14.3. The van der Waals surface area contributed by atoms with Gasteiger partial charge in [-0.25, -0.2) is 4.79 Å². The van der Waals surface area contributed by atoms with Gasteiger partial charge in [-0.1, -0.05) is 19.9 Å². The smallest absolute Gasteiger partial charge is 0.335 e. The van der Waals surface area contributed by atoms with Crippen LogP contribution in [0.25, 0.3) is 22.5 Å². The van der Waals surface area contributed by atoms with E-state index in [1.54, 1.807) is 26.4 Å². The van der Waals surface area contributed by atoms with Gasteiger partial charge in [0.25, 0.3) is 0 Å². The average molecular weight is 424 g/mol. The quantitative estimate of drug-likeness (QED) is 0.521. The molecule has 31 heavy (non-hydrogen) atoms.